The number of nitrogens with one attached hydrogen (secondary N) is 1. The van der Waals surface area contributed by atoms with Crippen LogP contribution in [0.15, 0.2) is 35.1 Å². The van der Waals surface area contributed by atoms with Crippen molar-refractivity contribution in [2.45, 2.75) is 13.1 Å². The van der Waals surface area contributed by atoms with E-state index in [9.17, 15) is 27.6 Å². The number of aromatic nitrogens is 2. The summed E-state index contributed by atoms with van der Waals surface area (Å²) in [6.07, 6.45) is 0.289. The molecule has 0 unspecified atom stereocenters. The minimum absolute atomic E-state index is 0.0741. The standard InChI is InChI=1S/C18H14F3N3O4/c1-3-8-22-15(26)10-28-17(27)16-14(25)9-11(2)24(23-16)13-7-5-4-6-12(13)18(19,20)21/h1,4-7,9H,8,10H2,2H3,(H,22,26). The largest absolute Gasteiger partial charge is 0.451 e. The van der Waals surface area contributed by atoms with Gasteiger partial charge in [-0.3, -0.25) is 9.59 Å². The van der Waals surface area contributed by atoms with Gasteiger partial charge in [0.2, 0.25) is 11.1 Å². The van der Waals surface area contributed by atoms with Gasteiger partial charge in [0.25, 0.3) is 5.91 Å². The number of hydrogen-bond acceptors (Lipinski definition) is 5. The van der Waals surface area contributed by atoms with E-state index in [2.05, 4.69) is 21.1 Å². The fourth-order valence-electron chi connectivity index (χ4n) is 2.23. The molecular weight excluding hydrogens is 379 g/mol. The normalized spacial score (nSPS) is 10.8. The Morgan fingerprint density at radius 1 is 1.32 bits per heavy atom. The lowest BCUT2D eigenvalue weighted by Crippen LogP contribution is -2.31. The van der Waals surface area contributed by atoms with Crippen LogP contribution in [0.4, 0.5) is 13.2 Å². The zero-order chi connectivity index (χ0) is 20.9. The highest BCUT2D eigenvalue weighted by Gasteiger charge is 2.34. The van der Waals surface area contributed by atoms with Crippen LogP contribution in [-0.4, -0.2) is 34.8 Å². The number of esters is 1. The van der Waals surface area contributed by atoms with Crippen molar-refractivity contribution in [2.24, 2.45) is 0 Å². The first-order valence-electron chi connectivity index (χ1n) is 7.80. The van der Waals surface area contributed by atoms with E-state index in [1.165, 1.54) is 19.1 Å². The number of alkyl halides is 3. The molecule has 0 bridgehead atoms. The molecule has 0 aliphatic rings. The van der Waals surface area contributed by atoms with E-state index in [1.807, 2.05) is 0 Å². The molecule has 0 saturated carbocycles. The van der Waals surface area contributed by atoms with Crippen molar-refractivity contribution < 1.29 is 27.5 Å². The Morgan fingerprint density at radius 3 is 2.64 bits per heavy atom. The molecule has 0 aliphatic heterocycles. The summed E-state index contributed by atoms with van der Waals surface area (Å²) in [5, 5.41) is 5.97. The lowest BCUT2D eigenvalue weighted by atomic mass is 10.1. The van der Waals surface area contributed by atoms with Crippen molar-refractivity contribution >= 4 is 11.9 Å². The summed E-state index contributed by atoms with van der Waals surface area (Å²) >= 11 is 0. The number of amides is 1. The summed E-state index contributed by atoms with van der Waals surface area (Å²) in [6.45, 7) is 0.554. The van der Waals surface area contributed by atoms with E-state index in [0.29, 0.717) is 0 Å². The molecule has 1 aromatic carbocycles. The maximum absolute atomic E-state index is 13.3. The number of terminal acetylenes is 1. The van der Waals surface area contributed by atoms with Gasteiger partial charge < -0.3 is 10.1 Å². The predicted octanol–water partition coefficient (Wildman–Crippen LogP) is 1.47. The summed E-state index contributed by atoms with van der Waals surface area (Å²) in [5.41, 5.74) is -2.90. The minimum atomic E-state index is -4.68. The summed E-state index contributed by atoms with van der Waals surface area (Å²) in [6, 6.07) is 5.51. The molecule has 0 atom stereocenters. The molecule has 1 heterocycles. The van der Waals surface area contributed by atoms with Gasteiger partial charge in [-0.2, -0.15) is 18.3 Å². The van der Waals surface area contributed by atoms with Gasteiger partial charge in [-0.15, -0.1) is 6.42 Å². The SMILES string of the molecule is C#CCNC(=O)COC(=O)c1nn(-c2ccccc2C(F)(F)F)c(C)cc1=O. The van der Waals surface area contributed by atoms with Crippen molar-refractivity contribution in [1.29, 1.82) is 0 Å². The molecular formula is C18H14F3N3O4. The van der Waals surface area contributed by atoms with Gasteiger partial charge in [-0.05, 0) is 19.1 Å². The maximum atomic E-state index is 13.3. The van der Waals surface area contributed by atoms with Crippen molar-refractivity contribution in [2.75, 3.05) is 13.2 Å². The Morgan fingerprint density at radius 2 is 2.00 bits per heavy atom. The Hall–Kier alpha value is -3.61. The second-order valence-corrected chi connectivity index (χ2v) is 5.48. The van der Waals surface area contributed by atoms with E-state index >= 15 is 0 Å². The molecule has 0 spiro atoms. The predicted molar refractivity (Wildman–Crippen MR) is 91.7 cm³/mol. The minimum Gasteiger partial charge on any atom is -0.451 e. The summed E-state index contributed by atoms with van der Waals surface area (Å²) in [7, 11) is 0. The summed E-state index contributed by atoms with van der Waals surface area (Å²) in [5.74, 6) is 0.188. The van der Waals surface area contributed by atoms with Gasteiger partial charge in [-0.1, -0.05) is 18.1 Å². The second-order valence-electron chi connectivity index (χ2n) is 5.48. The number of para-hydroxylation sites is 1. The van der Waals surface area contributed by atoms with Gasteiger partial charge >= 0.3 is 12.1 Å². The molecule has 146 valence electrons. The van der Waals surface area contributed by atoms with Gasteiger partial charge in [0.1, 0.15) is 0 Å². The van der Waals surface area contributed by atoms with Gasteiger partial charge in [0, 0.05) is 11.8 Å². The van der Waals surface area contributed by atoms with E-state index in [-0.39, 0.29) is 17.9 Å². The van der Waals surface area contributed by atoms with Crippen molar-refractivity contribution in [1.82, 2.24) is 15.1 Å². The van der Waals surface area contributed by atoms with Crippen LogP contribution in [0.2, 0.25) is 0 Å². The molecule has 10 heteroatoms. The van der Waals surface area contributed by atoms with Crippen LogP contribution in [-0.2, 0) is 15.7 Å². The third-order valence-corrected chi connectivity index (χ3v) is 3.46. The smallest absolute Gasteiger partial charge is 0.418 e. The third-order valence-electron chi connectivity index (χ3n) is 3.46. The second kappa shape index (κ2) is 8.39. The fraction of sp³-hybridized carbons (Fsp3) is 0.222. The average molecular weight is 393 g/mol. The number of nitrogens with zero attached hydrogens (tertiary/aromatic N) is 2. The Kier molecular flexibility index (Phi) is 6.20. The summed E-state index contributed by atoms with van der Waals surface area (Å²) in [4.78, 5) is 35.5. The van der Waals surface area contributed by atoms with Crippen LogP contribution >= 0.6 is 0 Å². The Bertz CT molecular complexity index is 1010. The highest BCUT2D eigenvalue weighted by molar-refractivity contribution is 5.89. The van der Waals surface area contributed by atoms with Gasteiger partial charge in [0.15, 0.2) is 6.61 Å². The zero-order valence-corrected chi connectivity index (χ0v) is 14.5. The molecule has 1 N–H and O–H groups in total. The molecule has 0 radical (unpaired) electrons. The molecule has 1 amide bonds. The fourth-order valence-corrected chi connectivity index (χ4v) is 2.23. The number of halogens is 3. The molecule has 0 aliphatic carbocycles. The molecule has 2 aromatic rings. The molecule has 2 rings (SSSR count). The lowest BCUT2D eigenvalue weighted by Gasteiger charge is -2.16. The number of hydrogen-bond donors (Lipinski definition) is 1. The van der Waals surface area contributed by atoms with Crippen LogP contribution in [0.3, 0.4) is 0 Å². The molecule has 7 nitrogen and oxygen atoms in total. The van der Waals surface area contributed by atoms with Crippen LogP contribution in [0.5, 0.6) is 0 Å². The van der Waals surface area contributed by atoms with E-state index < -0.39 is 41.3 Å². The first-order chi connectivity index (χ1) is 13.1. The van der Waals surface area contributed by atoms with Crippen LogP contribution in [0.25, 0.3) is 5.69 Å². The van der Waals surface area contributed by atoms with E-state index in [4.69, 9.17) is 6.42 Å². The molecule has 0 saturated heterocycles. The Balaban J connectivity index is 2.39. The van der Waals surface area contributed by atoms with Crippen molar-refractivity contribution in [3.05, 3.63) is 57.5 Å². The topological polar surface area (TPSA) is 90.3 Å². The van der Waals surface area contributed by atoms with Crippen LogP contribution in [0, 0.1) is 19.3 Å². The monoisotopic (exact) mass is 393 g/mol. The quantitative estimate of drug-likeness (QED) is 0.614. The third kappa shape index (κ3) is 4.76. The first-order valence-corrected chi connectivity index (χ1v) is 7.80. The number of carbonyl (C=O) groups is 2. The first kappa shape index (κ1) is 20.7. The summed E-state index contributed by atoms with van der Waals surface area (Å²) < 4.78 is 45.3. The number of carbonyl (C=O) groups excluding carboxylic acids is 2. The number of ether oxygens (including phenoxy) is 1. The van der Waals surface area contributed by atoms with Gasteiger partial charge in [0.05, 0.1) is 17.8 Å². The number of benzene rings is 1. The average Bonchev–Trinajstić information content (AvgIpc) is 2.64. The zero-order valence-electron chi connectivity index (χ0n) is 14.5. The maximum Gasteiger partial charge on any atom is 0.418 e. The lowest BCUT2D eigenvalue weighted by molar-refractivity contribution is -0.137. The number of aryl methyl sites for hydroxylation is 1. The van der Waals surface area contributed by atoms with Crippen molar-refractivity contribution in [3.63, 3.8) is 0 Å². The van der Waals surface area contributed by atoms with E-state index in [0.717, 1.165) is 22.9 Å². The Labute approximate surface area is 157 Å². The molecule has 0 fully saturated rings. The van der Waals surface area contributed by atoms with Crippen LogP contribution in [0.1, 0.15) is 21.7 Å². The number of rotatable bonds is 5. The molecule has 1 aromatic heterocycles. The highest BCUT2D eigenvalue weighted by Crippen LogP contribution is 2.33. The van der Waals surface area contributed by atoms with Gasteiger partial charge in [-0.25, -0.2) is 9.48 Å². The van der Waals surface area contributed by atoms with E-state index in [1.54, 1.807) is 0 Å². The van der Waals surface area contributed by atoms with Crippen molar-refractivity contribution in [3.8, 4) is 18.0 Å². The molecule has 28 heavy (non-hydrogen) atoms. The van der Waals surface area contributed by atoms with Crippen LogP contribution < -0.4 is 10.7 Å². The highest BCUT2D eigenvalue weighted by atomic mass is 19.4.